The fourth-order valence-corrected chi connectivity index (χ4v) is 2.56. The van der Waals surface area contributed by atoms with Gasteiger partial charge in [0.15, 0.2) is 22.9 Å². The van der Waals surface area contributed by atoms with Crippen molar-refractivity contribution >= 4 is 28.3 Å². The number of carbonyl (C=O) groups is 2. The zero-order valence-electron chi connectivity index (χ0n) is 13.1. The molecule has 5 nitrogen and oxygen atoms in total. The number of aromatic nitrogens is 1. The summed E-state index contributed by atoms with van der Waals surface area (Å²) in [6.07, 6.45) is -0.0634. The van der Waals surface area contributed by atoms with E-state index >= 15 is 0 Å². The van der Waals surface area contributed by atoms with E-state index in [2.05, 4.69) is 10.3 Å². The first-order chi connectivity index (χ1) is 11.4. The van der Waals surface area contributed by atoms with Gasteiger partial charge in [0.2, 0.25) is 0 Å². The van der Waals surface area contributed by atoms with E-state index in [1.807, 2.05) is 6.92 Å². The summed E-state index contributed by atoms with van der Waals surface area (Å²) in [6.45, 7) is 3.30. The lowest BCUT2D eigenvalue weighted by Crippen LogP contribution is -2.29. The molecule has 0 fully saturated rings. The lowest BCUT2D eigenvalue weighted by molar-refractivity contribution is -0.153. The maximum absolute atomic E-state index is 13.3. The summed E-state index contributed by atoms with van der Waals surface area (Å²) in [7, 11) is 0. The minimum Gasteiger partial charge on any atom is -0.453 e. The Hall–Kier alpha value is -2.35. The van der Waals surface area contributed by atoms with Gasteiger partial charge in [0, 0.05) is 17.4 Å². The van der Waals surface area contributed by atoms with Gasteiger partial charge in [-0.05, 0) is 31.5 Å². The average Bonchev–Trinajstić information content (AvgIpc) is 2.98. The zero-order chi connectivity index (χ0) is 17.7. The quantitative estimate of drug-likeness (QED) is 0.802. The first-order valence-electron chi connectivity index (χ1n) is 7.32. The van der Waals surface area contributed by atoms with Gasteiger partial charge < -0.3 is 4.74 Å². The van der Waals surface area contributed by atoms with Crippen LogP contribution >= 0.6 is 11.3 Å². The summed E-state index contributed by atoms with van der Waals surface area (Å²) < 4.78 is 31.2. The van der Waals surface area contributed by atoms with Gasteiger partial charge in [0.05, 0.1) is 5.69 Å². The predicted molar refractivity (Wildman–Crippen MR) is 86.6 cm³/mol. The van der Waals surface area contributed by atoms with Gasteiger partial charge in [0.1, 0.15) is 0 Å². The van der Waals surface area contributed by atoms with Gasteiger partial charge in [-0.3, -0.25) is 14.9 Å². The smallest absolute Gasteiger partial charge is 0.306 e. The van der Waals surface area contributed by atoms with Crippen molar-refractivity contribution in [2.24, 2.45) is 0 Å². The van der Waals surface area contributed by atoms with E-state index in [1.165, 1.54) is 13.0 Å². The molecule has 2 aromatic rings. The number of esters is 1. The fourth-order valence-electron chi connectivity index (χ4n) is 1.84. The lowest BCUT2D eigenvalue weighted by Gasteiger charge is -2.11. The Morgan fingerprint density at radius 2 is 2.08 bits per heavy atom. The third-order valence-corrected chi connectivity index (χ3v) is 3.84. The highest BCUT2D eigenvalue weighted by atomic mass is 32.1. The normalized spacial score (nSPS) is 11.8. The maximum Gasteiger partial charge on any atom is 0.306 e. The van der Waals surface area contributed by atoms with Crippen LogP contribution in [0.4, 0.5) is 13.9 Å². The molecule has 1 amide bonds. The number of rotatable bonds is 6. The number of thiazole rings is 1. The Labute approximate surface area is 141 Å². The maximum atomic E-state index is 13.3. The molecule has 0 saturated carbocycles. The second-order valence-electron chi connectivity index (χ2n) is 5.04. The van der Waals surface area contributed by atoms with E-state index in [9.17, 15) is 18.4 Å². The van der Waals surface area contributed by atoms with Gasteiger partial charge in [0.25, 0.3) is 5.91 Å². The van der Waals surface area contributed by atoms with Crippen LogP contribution in [0.5, 0.6) is 0 Å². The Bertz CT molecular complexity index is 749. The van der Waals surface area contributed by atoms with Crippen molar-refractivity contribution in [3.63, 3.8) is 0 Å². The third kappa shape index (κ3) is 4.58. The van der Waals surface area contributed by atoms with Gasteiger partial charge in [-0.25, -0.2) is 13.8 Å². The molecule has 8 heteroatoms. The van der Waals surface area contributed by atoms with Gasteiger partial charge in [-0.1, -0.05) is 6.92 Å². The molecular formula is C16H16F2N2O3S. The standard InChI is InChI=1S/C16H16F2N2O3S/c1-3-4-14(21)23-9(2)15(22)20-16-19-13(8-24-16)10-5-6-11(17)12(18)7-10/h5-9H,3-4H2,1-2H3,(H,19,20,22)/t9-/m0/s1. The molecule has 1 N–H and O–H groups in total. The summed E-state index contributed by atoms with van der Waals surface area (Å²) in [5, 5.41) is 4.41. The summed E-state index contributed by atoms with van der Waals surface area (Å²) in [5.41, 5.74) is 0.804. The summed E-state index contributed by atoms with van der Waals surface area (Å²) in [4.78, 5) is 27.5. The van der Waals surface area contributed by atoms with Crippen molar-refractivity contribution in [2.45, 2.75) is 32.8 Å². The molecule has 0 aliphatic carbocycles. The van der Waals surface area contributed by atoms with Crippen molar-refractivity contribution in [3.8, 4) is 11.3 Å². The summed E-state index contributed by atoms with van der Waals surface area (Å²) in [6, 6.07) is 3.44. The second-order valence-corrected chi connectivity index (χ2v) is 5.90. The van der Waals surface area contributed by atoms with E-state index in [-0.39, 0.29) is 11.6 Å². The van der Waals surface area contributed by atoms with Crippen LogP contribution in [0.15, 0.2) is 23.6 Å². The minimum absolute atomic E-state index is 0.245. The number of amides is 1. The molecule has 0 spiro atoms. The van der Waals surface area contributed by atoms with Gasteiger partial charge >= 0.3 is 5.97 Å². The van der Waals surface area contributed by atoms with Crippen LogP contribution in [0.2, 0.25) is 0 Å². The molecule has 2 rings (SSSR count). The van der Waals surface area contributed by atoms with Crippen molar-refractivity contribution in [1.29, 1.82) is 0 Å². The average molecular weight is 354 g/mol. The molecule has 0 bridgehead atoms. The van der Waals surface area contributed by atoms with E-state index in [0.29, 0.717) is 17.7 Å². The van der Waals surface area contributed by atoms with Crippen LogP contribution in [0, 0.1) is 11.6 Å². The number of benzene rings is 1. The highest BCUT2D eigenvalue weighted by Crippen LogP contribution is 2.26. The van der Waals surface area contributed by atoms with Crippen molar-refractivity contribution in [1.82, 2.24) is 4.98 Å². The molecule has 0 aliphatic heterocycles. The number of anilines is 1. The monoisotopic (exact) mass is 354 g/mol. The molecule has 1 aromatic carbocycles. The molecule has 1 heterocycles. The Morgan fingerprint density at radius 3 is 2.75 bits per heavy atom. The van der Waals surface area contributed by atoms with Crippen LogP contribution in [0.25, 0.3) is 11.3 Å². The fraction of sp³-hybridized carbons (Fsp3) is 0.312. The number of ether oxygens (including phenoxy) is 1. The first-order valence-corrected chi connectivity index (χ1v) is 8.20. The number of nitrogens with zero attached hydrogens (tertiary/aromatic N) is 1. The van der Waals surface area contributed by atoms with Crippen LogP contribution in [0.3, 0.4) is 0 Å². The van der Waals surface area contributed by atoms with Gasteiger partial charge in [-0.15, -0.1) is 11.3 Å². The highest BCUT2D eigenvalue weighted by Gasteiger charge is 2.19. The molecular weight excluding hydrogens is 338 g/mol. The topological polar surface area (TPSA) is 68.3 Å². The Kier molecular flexibility index (Phi) is 5.97. The van der Waals surface area contributed by atoms with Crippen LogP contribution in [-0.2, 0) is 14.3 Å². The minimum atomic E-state index is -0.970. The SMILES string of the molecule is CCCC(=O)O[C@@H](C)C(=O)Nc1nc(-c2ccc(F)c(F)c2)cs1. The van der Waals surface area contributed by atoms with Crippen LogP contribution < -0.4 is 5.32 Å². The molecule has 0 radical (unpaired) electrons. The second kappa shape index (κ2) is 7.96. The van der Waals surface area contributed by atoms with Crippen LogP contribution in [-0.4, -0.2) is 23.0 Å². The zero-order valence-corrected chi connectivity index (χ0v) is 14.0. The molecule has 128 valence electrons. The Balaban J connectivity index is 2.01. The number of nitrogens with one attached hydrogen (secondary N) is 1. The van der Waals surface area contributed by atoms with Crippen molar-refractivity contribution in [3.05, 3.63) is 35.2 Å². The van der Waals surface area contributed by atoms with E-state index in [1.54, 1.807) is 5.38 Å². The Morgan fingerprint density at radius 1 is 1.33 bits per heavy atom. The number of carbonyl (C=O) groups excluding carboxylic acids is 2. The third-order valence-electron chi connectivity index (χ3n) is 3.08. The molecule has 0 unspecified atom stereocenters. The highest BCUT2D eigenvalue weighted by molar-refractivity contribution is 7.14. The molecule has 0 aliphatic rings. The summed E-state index contributed by atoms with van der Waals surface area (Å²) in [5.74, 6) is -2.86. The molecule has 0 saturated heterocycles. The summed E-state index contributed by atoms with van der Waals surface area (Å²) >= 11 is 1.13. The number of hydrogen-bond donors (Lipinski definition) is 1. The van der Waals surface area contributed by atoms with Crippen molar-refractivity contribution < 1.29 is 23.1 Å². The van der Waals surface area contributed by atoms with E-state index in [0.717, 1.165) is 23.5 Å². The van der Waals surface area contributed by atoms with Crippen molar-refractivity contribution in [2.75, 3.05) is 5.32 Å². The van der Waals surface area contributed by atoms with Gasteiger partial charge in [-0.2, -0.15) is 0 Å². The van der Waals surface area contributed by atoms with E-state index < -0.39 is 29.6 Å². The predicted octanol–water partition coefficient (Wildman–Crippen LogP) is 3.76. The lowest BCUT2D eigenvalue weighted by atomic mass is 10.2. The molecule has 1 atom stereocenters. The number of halogens is 2. The molecule has 1 aromatic heterocycles. The largest absolute Gasteiger partial charge is 0.453 e. The first kappa shape index (κ1) is 18.0. The number of hydrogen-bond acceptors (Lipinski definition) is 5. The molecule has 24 heavy (non-hydrogen) atoms. The van der Waals surface area contributed by atoms with E-state index in [4.69, 9.17) is 4.74 Å². The van der Waals surface area contributed by atoms with Crippen LogP contribution in [0.1, 0.15) is 26.7 Å².